The number of methoxy groups -OCH3 is 1. The third-order valence-electron chi connectivity index (χ3n) is 1.56. The molecule has 4 heteroatoms. The van der Waals surface area contributed by atoms with Crippen LogP contribution >= 0.6 is 0 Å². The third-order valence-corrected chi connectivity index (χ3v) is 1.56. The number of ether oxygens (including phenoxy) is 2. The van der Waals surface area contributed by atoms with Crippen LogP contribution in [0.1, 0.15) is 26.7 Å². The molecule has 0 heterocycles. The average molecular weight is 200 g/mol. The summed E-state index contributed by atoms with van der Waals surface area (Å²) in [5, 5.41) is 0. The number of allylic oxidation sites excluding steroid dienone is 1. The standard InChI is InChI=1S/C10H16O4/c1-4-5-6-9(10(12)13-3)7-14-8(2)11/h6H,4-5,7H2,1-3H3. The molecule has 0 aromatic carbocycles. The summed E-state index contributed by atoms with van der Waals surface area (Å²) in [6, 6.07) is 0. The quantitative estimate of drug-likeness (QED) is 0.498. The molecule has 0 aliphatic rings. The van der Waals surface area contributed by atoms with E-state index in [4.69, 9.17) is 4.74 Å². The molecule has 0 fully saturated rings. The summed E-state index contributed by atoms with van der Waals surface area (Å²) in [4.78, 5) is 21.7. The summed E-state index contributed by atoms with van der Waals surface area (Å²) in [6.07, 6.45) is 3.43. The smallest absolute Gasteiger partial charge is 0.336 e. The van der Waals surface area contributed by atoms with E-state index in [0.29, 0.717) is 5.57 Å². The van der Waals surface area contributed by atoms with Gasteiger partial charge in [0, 0.05) is 6.92 Å². The first-order chi connectivity index (χ1) is 6.61. The molecule has 0 saturated carbocycles. The molecule has 0 aromatic heterocycles. The molecule has 0 amide bonds. The van der Waals surface area contributed by atoms with E-state index >= 15 is 0 Å². The Balaban J connectivity index is 4.24. The first-order valence-corrected chi connectivity index (χ1v) is 4.52. The van der Waals surface area contributed by atoms with Crippen LogP contribution in [0.4, 0.5) is 0 Å². The Morgan fingerprint density at radius 3 is 2.43 bits per heavy atom. The summed E-state index contributed by atoms with van der Waals surface area (Å²) in [7, 11) is 1.30. The molecule has 0 atom stereocenters. The fourth-order valence-electron chi connectivity index (χ4n) is 0.830. The second-order valence-electron chi connectivity index (χ2n) is 2.79. The van der Waals surface area contributed by atoms with Crippen molar-refractivity contribution in [1.29, 1.82) is 0 Å². The lowest BCUT2D eigenvalue weighted by Crippen LogP contribution is -2.12. The number of esters is 2. The topological polar surface area (TPSA) is 52.6 Å². The van der Waals surface area contributed by atoms with Crippen LogP contribution in [-0.2, 0) is 19.1 Å². The van der Waals surface area contributed by atoms with Gasteiger partial charge in [-0.15, -0.1) is 0 Å². The zero-order valence-electron chi connectivity index (χ0n) is 8.83. The van der Waals surface area contributed by atoms with Gasteiger partial charge in [-0.25, -0.2) is 4.79 Å². The molecule has 0 unspecified atom stereocenters. The molecule has 0 aliphatic carbocycles. The van der Waals surface area contributed by atoms with Crippen molar-refractivity contribution in [2.45, 2.75) is 26.7 Å². The number of rotatable bonds is 5. The van der Waals surface area contributed by atoms with Crippen LogP contribution in [0.2, 0.25) is 0 Å². The van der Waals surface area contributed by atoms with Gasteiger partial charge in [0.2, 0.25) is 0 Å². The van der Waals surface area contributed by atoms with Gasteiger partial charge in [0.25, 0.3) is 0 Å². The summed E-state index contributed by atoms with van der Waals surface area (Å²) >= 11 is 0. The molecule has 14 heavy (non-hydrogen) atoms. The van der Waals surface area contributed by atoms with Gasteiger partial charge >= 0.3 is 11.9 Å². The van der Waals surface area contributed by atoms with Crippen molar-refractivity contribution < 1.29 is 19.1 Å². The highest BCUT2D eigenvalue weighted by molar-refractivity contribution is 5.88. The van der Waals surface area contributed by atoms with Crippen molar-refractivity contribution in [2.24, 2.45) is 0 Å². The van der Waals surface area contributed by atoms with Crippen molar-refractivity contribution >= 4 is 11.9 Å². The summed E-state index contributed by atoms with van der Waals surface area (Å²) in [6.45, 7) is 3.29. The van der Waals surface area contributed by atoms with E-state index in [-0.39, 0.29) is 6.61 Å². The van der Waals surface area contributed by atoms with Crippen molar-refractivity contribution in [3.05, 3.63) is 11.6 Å². The first-order valence-electron chi connectivity index (χ1n) is 4.52. The predicted octanol–water partition coefficient (Wildman–Crippen LogP) is 1.45. The minimum absolute atomic E-state index is 0.0119. The highest BCUT2D eigenvalue weighted by Gasteiger charge is 2.10. The van der Waals surface area contributed by atoms with Crippen molar-refractivity contribution in [3.63, 3.8) is 0 Å². The summed E-state index contributed by atoms with van der Waals surface area (Å²) in [5.74, 6) is -0.851. The van der Waals surface area contributed by atoms with Crippen LogP contribution < -0.4 is 0 Å². The molecule has 0 N–H and O–H groups in total. The van der Waals surface area contributed by atoms with Gasteiger partial charge in [-0.05, 0) is 6.42 Å². The number of carbonyl (C=O) groups is 2. The molecule has 0 bridgehead atoms. The van der Waals surface area contributed by atoms with Gasteiger partial charge in [-0.1, -0.05) is 19.4 Å². The van der Waals surface area contributed by atoms with Gasteiger partial charge < -0.3 is 9.47 Å². The minimum Gasteiger partial charge on any atom is -0.466 e. The monoisotopic (exact) mass is 200 g/mol. The normalized spacial score (nSPS) is 10.9. The first kappa shape index (κ1) is 12.7. The Bertz CT molecular complexity index is 230. The molecular formula is C10H16O4. The second-order valence-corrected chi connectivity index (χ2v) is 2.79. The third kappa shape index (κ3) is 5.35. The Kier molecular flexibility index (Phi) is 6.45. The fraction of sp³-hybridized carbons (Fsp3) is 0.600. The molecule has 0 aromatic rings. The van der Waals surface area contributed by atoms with Crippen LogP contribution in [-0.4, -0.2) is 25.7 Å². The molecule has 0 rings (SSSR count). The zero-order valence-corrected chi connectivity index (χ0v) is 8.83. The van der Waals surface area contributed by atoms with Gasteiger partial charge in [0.05, 0.1) is 12.7 Å². The van der Waals surface area contributed by atoms with Crippen LogP contribution in [0.3, 0.4) is 0 Å². The maximum absolute atomic E-state index is 11.1. The molecule has 0 saturated heterocycles. The van der Waals surface area contributed by atoms with Gasteiger partial charge in [0.1, 0.15) is 6.61 Å². The lowest BCUT2D eigenvalue weighted by Gasteiger charge is -2.05. The van der Waals surface area contributed by atoms with Crippen LogP contribution in [0.15, 0.2) is 11.6 Å². The second kappa shape index (κ2) is 7.12. The highest BCUT2D eigenvalue weighted by atomic mass is 16.5. The SMILES string of the molecule is CCCC=C(COC(C)=O)C(=O)OC. The van der Waals surface area contributed by atoms with Crippen LogP contribution in [0.25, 0.3) is 0 Å². The highest BCUT2D eigenvalue weighted by Crippen LogP contribution is 2.02. The molecule has 0 radical (unpaired) electrons. The van der Waals surface area contributed by atoms with E-state index in [1.54, 1.807) is 6.08 Å². The van der Waals surface area contributed by atoms with Gasteiger partial charge in [0.15, 0.2) is 0 Å². The van der Waals surface area contributed by atoms with E-state index in [1.165, 1.54) is 14.0 Å². The Morgan fingerprint density at radius 2 is 2.00 bits per heavy atom. The van der Waals surface area contributed by atoms with E-state index in [9.17, 15) is 9.59 Å². The van der Waals surface area contributed by atoms with E-state index < -0.39 is 11.9 Å². The molecular weight excluding hydrogens is 184 g/mol. The maximum Gasteiger partial charge on any atom is 0.336 e. The van der Waals surface area contributed by atoms with E-state index in [0.717, 1.165) is 12.8 Å². The lowest BCUT2D eigenvalue weighted by atomic mass is 10.2. The Hall–Kier alpha value is -1.32. The maximum atomic E-state index is 11.1. The average Bonchev–Trinajstić information content (AvgIpc) is 2.16. The summed E-state index contributed by atoms with van der Waals surface area (Å²) in [5.41, 5.74) is 0.393. The molecule has 80 valence electrons. The Labute approximate surface area is 83.9 Å². The molecule has 0 spiro atoms. The van der Waals surface area contributed by atoms with Crippen molar-refractivity contribution in [2.75, 3.05) is 13.7 Å². The van der Waals surface area contributed by atoms with Crippen molar-refractivity contribution in [1.82, 2.24) is 0 Å². The number of hydrogen-bond acceptors (Lipinski definition) is 4. The lowest BCUT2D eigenvalue weighted by molar-refractivity contribution is -0.142. The largest absolute Gasteiger partial charge is 0.466 e. The fourth-order valence-corrected chi connectivity index (χ4v) is 0.830. The van der Waals surface area contributed by atoms with Gasteiger partial charge in [-0.2, -0.15) is 0 Å². The zero-order chi connectivity index (χ0) is 11.0. The van der Waals surface area contributed by atoms with Gasteiger partial charge in [-0.3, -0.25) is 4.79 Å². The number of hydrogen-bond donors (Lipinski definition) is 0. The molecule has 0 aliphatic heterocycles. The minimum atomic E-state index is -0.445. The number of carbonyl (C=O) groups excluding carboxylic acids is 2. The summed E-state index contributed by atoms with van der Waals surface area (Å²) < 4.78 is 9.26. The van der Waals surface area contributed by atoms with E-state index in [1.807, 2.05) is 6.92 Å². The predicted molar refractivity (Wildman–Crippen MR) is 51.6 cm³/mol. The Morgan fingerprint density at radius 1 is 1.36 bits per heavy atom. The number of unbranched alkanes of at least 4 members (excludes halogenated alkanes) is 1. The van der Waals surface area contributed by atoms with Crippen molar-refractivity contribution in [3.8, 4) is 0 Å². The van der Waals surface area contributed by atoms with Crippen LogP contribution in [0, 0.1) is 0 Å². The van der Waals surface area contributed by atoms with E-state index in [2.05, 4.69) is 4.74 Å². The molecule has 4 nitrogen and oxygen atoms in total. The van der Waals surface area contributed by atoms with Crippen LogP contribution in [0.5, 0.6) is 0 Å².